The van der Waals surface area contributed by atoms with Gasteiger partial charge < -0.3 is 10.1 Å². The number of carbonyl (C=O) groups is 1. The van der Waals surface area contributed by atoms with Crippen LogP contribution in [0.4, 0.5) is 5.69 Å². The van der Waals surface area contributed by atoms with Gasteiger partial charge in [-0.05, 0) is 72.0 Å². The molecule has 9 heteroatoms. The van der Waals surface area contributed by atoms with Crippen molar-refractivity contribution in [1.29, 1.82) is 0 Å². The molecular weight excluding hydrogens is 477 g/mol. The standard InChI is InChI=1S/C18H14IN5O2S/c1-10-21-22-18-24(10)23-17(27-18)12-5-8-15(26-2)14(9-12)20-16(25)11-3-6-13(19)7-4-11/h3-9H,1-2H3,(H,20,25). The van der Waals surface area contributed by atoms with E-state index in [2.05, 4.69) is 43.2 Å². The highest BCUT2D eigenvalue weighted by Crippen LogP contribution is 2.33. The molecule has 2 aromatic heterocycles. The topological polar surface area (TPSA) is 81.4 Å². The Balaban J connectivity index is 1.68. The van der Waals surface area contributed by atoms with Crippen molar-refractivity contribution in [3.05, 3.63) is 57.4 Å². The van der Waals surface area contributed by atoms with Crippen molar-refractivity contribution in [2.45, 2.75) is 6.92 Å². The van der Waals surface area contributed by atoms with Crippen LogP contribution in [0.15, 0.2) is 42.5 Å². The number of fused-ring (bicyclic) bond motifs is 1. The molecule has 136 valence electrons. The number of anilines is 1. The first-order valence-electron chi connectivity index (χ1n) is 7.99. The zero-order valence-electron chi connectivity index (χ0n) is 14.4. The highest BCUT2D eigenvalue weighted by molar-refractivity contribution is 14.1. The SMILES string of the molecule is COc1ccc(-c2nn3c(C)nnc3s2)cc1NC(=O)c1ccc(I)cc1. The Labute approximate surface area is 172 Å². The van der Waals surface area contributed by atoms with Crippen molar-refractivity contribution in [2.24, 2.45) is 0 Å². The summed E-state index contributed by atoms with van der Waals surface area (Å²) in [6.07, 6.45) is 0. The zero-order chi connectivity index (χ0) is 19.0. The molecule has 0 saturated heterocycles. The number of ether oxygens (including phenoxy) is 1. The number of nitrogens with one attached hydrogen (secondary N) is 1. The molecule has 0 radical (unpaired) electrons. The predicted molar refractivity (Wildman–Crippen MR) is 112 cm³/mol. The second kappa shape index (κ2) is 7.24. The number of rotatable bonds is 4. The lowest BCUT2D eigenvalue weighted by molar-refractivity contribution is 0.102. The highest BCUT2D eigenvalue weighted by Gasteiger charge is 2.15. The highest BCUT2D eigenvalue weighted by atomic mass is 127. The van der Waals surface area contributed by atoms with Gasteiger partial charge in [-0.3, -0.25) is 4.79 Å². The lowest BCUT2D eigenvalue weighted by atomic mass is 10.1. The molecule has 27 heavy (non-hydrogen) atoms. The molecule has 1 amide bonds. The summed E-state index contributed by atoms with van der Waals surface area (Å²) in [5.41, 5.74) is 2.03. The summed E-state index contributed by atoms with van der Waals surface area (Å²) < 4.78 is 8.17. The average Bonchev–Trinajstić information content (AvgIpc) is 3.24. The summed E-state index contributed by atoms with van der Waals surface area (Å²) in [7, 11) is 1.57. The maximum Gasteiger partial charge on any atom is 0.255 e. The molecule has 4 rings (SSSR count). The van der Waals surface area contributed by atoms with Crippen molar-refractivity contribution in [3.8, 4) is 16.3 Å². The van der Waals surface area contributed by atoms with E-state index in [1.54, 1.807) is 23.8 Å². The second-order valence-corrected chi connectivity index (χ2v) is 7.93. The minimum atomic E-state index is -0.198. The Hall–Kier alpha value is -2.53. The molecule has 0 saturated carbocycles. The van der Waals surface area contributed by atoms with Crippen LogP contribution in [0.3, 0.4) is 0 Å². The quantitative estimate of drug-likeness (QED) is 0.436. The van der Waals surface area contributed by atoms with E-state index in [0.29, 0.717) is 17.0 Å². The summed E-state index contributed by atoms with van der Waals surface area (Å²) in [6, 6.07) is 12.9. The number of nitrogens with zero attached hydrogens (tertiary/aromatic N) is 4. The number of halogens is 1. The smallest absolute Gasteiger partial charge is 0.255 e. The van der Waals surface area contributed by atoms with Crippen LogP contribution in [0.2, 0.25) is 0 Å². The fourth-order valence-corrected chi connectivity index (χ4v) is 3.81. The fraction of sp³-hybridized carbons (Fsp3) is 0.111. The van der Waals surface area contributed by atoms with Gasteiger partial charge in [0.1, 0.15) is 10.8 Å². The van der Waals surface area contributed by atoms with Gasteiger partial charge in [0.15, 0.2) is 5.82 Å². The number of benzene rings is 2. The number of methoxy groups -OCH3 is 1. The maximum atomic E-state index is 12.6. The Morgan fingerprint density at radius 1 is 1.19 bits per heavy atom. The van der Waals surface area contributed by atoms with Crippen LogP contribution < -0.4 is 10.1 Å². The van der Waals surface area contributed by atoms with Gasteiger partial charge in [0.05, 0.1) is 12.8 Å². The predicted octanol–water partition coefficient (Wildman–Crippen LogP) is 4.03. The summed E-state index contributed by atoms with van der Waals surface area (Å²) in [5, 5.41) is 16.3. The van der Waals surface area contributed by atoms with E-state index in [0.717, 1.165) is 24.9 Å². The van der Waals surface area contributed by atoms with E-state index in [1.165, 1.54) is 11.3 Å². The number of hydrogen-bond donors (Lipinski definition) is 1. The van der Waals surface area contributed by atoms with E-state index < -0.39 is 0 Å². The Bertz CT molecular complexity index is 1140. The second-order valence-electron chi connectivity index (χ2n) is 5.72. The summed E-state index contributed by atoms with van der Waals surface area (Å²) in [5.74, 6) is 1.11. The monoisotopic (exact) mass is 491 g/mol. The number of carbonyl (C=O) groups excluding carboxylic acids is 1. The Morgan fingerprint density at radius 2 is 1.96 bits per heavy atom. The summed E-state index contributed by atoms with van der Waals surface area (Å²) in [6.45, 7) is 1.85. The van der Waals surface area contributed by atoms with Gasteiger partial charge in [-0.2, -0.15) is 9.61 Å². The fourth-order valence-electron chi connectivity index (χ4n) is 2.57. The molecule has 1 N–H and O–H groups in total. The molecule has 0 unspecified atom stereocenters. The average molecular weight is 491 g/mol. The summed E-state index contributed by atoms with van der Waals surface area (Å²) in [4.78, 5) is 13.3. The van der Waals surface area contributed by atoms with Crippen molar-refractivity contribution >= 4 is 50.5 Å². The first-order valence-corrected chi connectivity index (χ1v) is 9.89. The van der Waals surface area contributed by atoms with Crippen LogP contribution in [0.25, 0.3) is 15.5 Å². The molecule has 0 aliphatic carbocycles. The molecular formula is C18H14IN5O2S. The largest absolute Gasteiger partial charge is 0.495 e. The number of aryl methyl sites for hydroxylation is 1. The third-order valence-electron chi connectivity index (χ3n) is 3.95. The molecule has 0 fully saturated rings. The van der Waals surface area contributed by atoms with Gasteiger partial charge in [-0.1, -0.05) is 11.3 Å². The molecule has 2 heterocycles. The van der Waals surface area contributed by atoms with E-state index in [1.807, 2.05) is 37.3 Å². The van der Waals surface area contributed by atoms with Crippen LogP contribution >= 0.6 is 33.9 Å². The normalized spacial score (nSPS) is 10.9. The first-order chi connectivity index (χ1) is 13.0. The molecule has 0 atom stereocenters. The van der Waals surface area contributed by atoms with Crippen LogP contribution in [0.1, 0.15) is 16.2 Å². The van der Waals surface area contributed by atoms with Crippen LogP contribution in [-0.2, 0) is 0 Å². The van der Waals surface area contributed by atoms with Crippen molar-refractivity contribution in [3.63, 3.8) is 0 Å². The van der Waals surface area contributed by atoms with E-state index in [9.17, 15) is 4.79 Å². The number of hydrogen-bond acceptors (Lipinski definition) is 6. The van der Waals surface area contributed by atoms with Gasteiger partial charge >= 0.3 is 0 Å². The lowest BCUT2D eigenvalue weighted by Crippen LogP contribution is -2.12. The molecule has 0 bridgehead atoms. The zero-order valence-corrected chi connectivity index (χ0v) is 17.4. The molecule has 4 aromatic rings. The van der Waals surface area contributed by atoms with Gasteiger partial charge in [-0.15, -0.1) is 10.2 Å². The maximum absolute atomic E-state index is 12.6. The first kappa shape index (κ1) is 17.9. The minimum Gasteiger partial charge on any atom is -0.495 e. The third-order valence-corrected chi connectivity index (χ3v) is 5.61. The van der Waals surface area contributed by atoms with E-state index in [4.69, 9.17) is 4.74 Å². The molecule has 0 aliphatic heterocycles. The number of aromatic nitrogens is 4. The Kier molecular flexibility index (Phi) is 4.79. The third kappa shape index (κ3) is 3.52. The van der Waals surface area contributed by atoms with Crippen LogP contribution in [-0.4, -0.2) is 32.8 Å². The van der Waals surface area contributed by atoms with Gasteiger partial charge in [-0.25, -0.2) is 0 Å². The van der Waals surface area contributed by atoms with E-state index in [-0.39, 0.29) is 5.91 Å². The number of amides is 1. The lowest BCUT2D eigenvalue weighted by Gasteiger charge is -2.11. The van der Waals surface area contributed by atoms with Crippen LogP contribution in [0.5, 0.6) is 5.75 Å². The molecule has 2 aromatic carbocycles. The van der Waals surface area contributed by atoms with E-state index >= 15 is 0 Å². The van der Waals surface area contributed by atoms with Gasteiger partial charge in [0.25, 0.3) is 5.91 Å². The van der Waals surface area contributed by atoms with Gasteiger partial charge in [0.2, 0.25) is 4.96 Å². The molecule has 0 spiro atoms. The van der Waals surface area contributed by atoms with Crippen molar-refractivity contribution in [1.82, 2.24) is 19.8 Å². The Morgan fingerprint density at radius 3 is 2.67 bits per heavy atom. The van der Waals surface area contributed by atoms with Crippen molar-refractivity contribution < 1.29 is 9.53 Å². The van der Waals surface area contributed by atoms with Crippen molar-refractivity contribution in [2.75, 3.05) is 12.4 Å². The molecule has 0 aliphatic rings. The van der Waals surface area contributed by atoms with Crippen LogP contribution in [0, 0.1) is 10.5 Å². The molecule has 7 nitrogen and oxygen atoms in total. The summed E-state index contributed by atoms with van der Waals surface area (Å²) >= 11 is 3.64. The van der Waals surface area contributed by atoms with Gasteiger partial charge in [0, 0.05) is 14.7 Å². The minimum absolute atomic E-state index is 0.198.